The second-order valence-corrected chi connectivity index (χ2v) is 7.88. The highest BCUT2D eigenvalue weighted by Gasteiger charge is 2.20. The molecule has 0 saturated heterocycles. The van der Waals surface area contributed by atoms with Gasteiger partial charge in [0.1, 0.15) is 0 Å². The quantitative estimate of drug-likeness (QED) is 0.622. The maximum Gasteiger partial charge on any atom is 0.264 e. The minimum atomic E-state index is -3.90. The zero-order valence-electron chi connectivity index (χ0n) is 15.4. The second-order valence-electron chi connectivity index (χ2n) is 6.22. The number of sulfonamides is 1. The van der Waals surface area contributed by atoms with Crippen molar-refractivity contribution in [2.75, 3.05) is 4.72 Å². The molecule has 0 fully saturated rings. The number of benzene rings is 2. The van der Waals surface area contributed by atoms with Crippen molar-refractivity contribution in [3.63, 3.8) is 0 Å². The summed E-state index contributed by atoms with van der Waals surface area (Å²) >= 11 is 0. The SMILES string of the molecule is CCc1ccc(-c2ccc(=O)[nH]n2)cc1S(=O)(=O)Nc1cccc(C(C)=O)c1. The molecule has 0 aliphatic heterocycles. The van der Waals surface area contributed by atoms with Crippen LogP contribution in [0.3, 0.4) is 0 Å². The molecule has 8 heteroatoms. The summed E-state index contributed by atoms with van der Waals surface area (Å²) in [5.41, 5.74) is 2.05. The molecular formula is C20H19N3O4S. The van der Waals surface area contributed by atoms with Crippen LogP contribution < -0.4 is 10.3 Å². The first-order valence-corrected chi connectivity index (χ1v) is 10.1. The average Bonchev–Trinajstić information content (AvgIpc) is 2.68. The first-order valence-electron chi connectivity index (χ1n) is 8.63. The largest absolute Gasteiger partial charge is 0.295 e. The van der Waals surface area contributed by atoms with Crippen molar-refractivity contribution in [3.05, 3.63) is 76.1 Å². The average molecular weight is 397 g/mol. The summed E-state index contributed by atoms with van der Waals surface area (Å²) in [6.07, 6.45) is 0.517. The maximum absolute atomic E-state index is 13.0. The van der Waals surface area contributed by atoms with E-state index < -0.39 is 10.0 Å². The van der Waals surface area contributed by atoms with Gasteiger partial charge in [-0.05, 0) is 43.2 Å². The van der Waals surface area contributed by atoms with Crippen LogP contribution in [0.1, 0.15) is 29.8 Å². The number of rotatable bonds is 6. The highest BCUT2D eigenvalue weighted by molar-refractivity contribution is 7.92. The van der Waals surface area contributed by atoms with Crippen molar-refractivity contribution < 1.29 is 13.2 Å². The molecule has 0 amide bonds. The van der Waals surface area contributed by atoms with Crippen LogP contribution in [0.15, 0.2) is 64.3 Å². The van der Waals surface area contributed by atoms with Crippen molar-refractivity contribution in [1.29, 1.82) is 0 Å². The molecule has 7 nitrogen and oxygen atoms in total. The fraction of sp³-hybridized carbons (Fsp3) is 0.150. The van der Waals surface area contributed by atoms with Crippen LogP contribution in [-0.4, -0.2) is 24.4 Å². The molecular weight excluding hydrogens is 378 g/mol. The van der Waals surface area contributed by atoms with Crippen molar-refractivity contribution >= 4 is 21.5 Å². The second kappa shape index (κ2) is 7.77. The van der Waals surface area contributed by atoms with Crippen molar-refractivity contribution in [3.8, 4) is 11.3 Å². The lowest BCUT2D eigenvalue weighted by atomic mass is 10.1. The van der Waals surface area contributed by atoms with Gasteiger partial charge in [-0.2, -0.15) is 5.10 Å². The number of anilines is 1. The number of hydrogen-bond donors (Lipinski definition) is 2. The Morgan fingerprint density at radius 3 is 2.54 bits per heavy atom. The molecule has 0 aliphatic carbocycles. The number of carbonyl (C=O) groups is 1. The van der Waals surface area contributed by atoms with Gasteiger partial charge >= 0.3 is 0 Å². The molecule has 3 rings (SSSR count). The first kappa shape index (κ1) is 19.5. The summed E-state index contributed by atoms with van der Waals surface area (Å²) in [5.74, 6) is -0.151. The summed E-state index contributed by atoms with van der Waals surface area (Å²) in [6.45, 7) is 3.28. The molecule has 0 aliphatic rings. The van der Waals surface area contributed by atoms with E-state index in [9.17, 15) is 18.0 Å². The number of aromatic nitrogens is 2. The molecule has 2 N–H and O–H groups in total. The number of hydrogen-bond acceptors (Lipinski definition) is 5. The Balaban J connectivity index is 2.03. The number of H-pyrrole nitrogens is 1. The van der Waals surface area contributed by atoms with E-state index in [0.29, 0.717) is 34.5 Å². The van der Waals surface area contributed by atoms with E-state index in [-0.39, 0.29) is 16.2 Å². The predicted molar refractivity (Wildman–Crippen MR) is 107 cm³/mol. The standard InChI is InChI=1S/C20H19N3O4S/c1-3-14-7-8-16(18-9-10-20(25)22-21-18)12-19(14)28(26,27)23-17-6-4-5-15(11-17)13(2)24/h4-12,23H,3H2,1-2H3,(H,22,25). The third-order valence-electron chi connectivity index (χ3n) is 4.23. The van der Waals surface area contributed by atoms with E-state index in [0.717, 1.165) is 0 Å². The summed E-state index contributed by atoms with van der Waals surface area (Å²) in [4.78, 5) is 22.9. The molecule has 3 aromatic rings. The third-order valence-corrected chi connectivity index (χ3v) is 5.70. The van der Waals surface area contributed by atoms with Crippen LogP contribution in [0.25, 0.3) is 11.3 Å². The van der Waals surface area contributed by atoms with E-state index in [1.165, 1.54) is 31.2 Å². The number of aromatic amines is 1. The smallest absolute Gasteiger partial charge is 0.264 e. The molecule has 0 radical (unpaired) electrons. The lowest BCUT2D eigenvalue weighted by Crippen LogP contribution is -2.15. The van der Waals surface area contributed by atoms with E-state index in [4.69, 9.17) is 0 Å². The number of Topliss-reactive ketones (excluding diaryl/α,β-unsaturated/α-hetero) is 1. The number of nitrogens with one attached hydrogen (secondary N) is 2. The minimum absolute atomic E-state index is 0.119. The van der Waals surface area contributed by atoms with Crippen LogP contribution in [0.5, 0.6) is 0 Å². The molecule has 0 bridgehead atoms. The predicted octanol–water partition coefficient (Wildman–Crippen LogP) is 3.00. The van der Waals surface area contributed by atoms with Gasteiger partial charge in [0.25, 0.3) is 15.6 Å². The normalized spacial score (nSPS) is 11.2. The summed E-state index contributed by atoms with van der Waals surface area (Å²) in [5, 5.41) is 6.29. The molecule has 0 unspecified atom stereocenters. The van der Waals surface area contributed by atoms with Crippen molar-refractivity contribution in [2.45, 2.75) is 25.2 Å². The fourth-order valence-electron chi connectivity index (χ4n) is 2.77. The van der Waals surface area contributed by atoms with Crippen molar-refractivity contribution in [1.82, 2.24) is 10.2 Å². The third kappa shape index (κ3) is 4.17. The van der Waals surface area contributed by atoms with E-state index in [1.54, 1.807) is 30.3 Å². The molecule has 28 heavy (non-hydrogen) atoms. The monoisotopic (exact) mass is 397 g/mol. The first-order chi connectivity index (χ1) is 13.3. The van der Waals surface area contributed by atoms with Crippen LogP contribution in [0, 0.1) is 0 Å². The number of ketones is 1. The molecule has 144 valence electrons. The Bertz CT molecular complexity index is 1180. The topological polar surface area (TPSA) is 109 Å². The highest BCUT2D eigenvalue weighted by atomic mass is 32.2. The van der Waals surface area contributed by atoms with E-state index >= 15 is 0 Å². The molecule has 2 aromatic carbocycles. The fourth-order valence-corrected chi connectivity index (χ4v) is 4.16. The van der Waals surface area contributed by atoms with Gasteiger partial charge in [0.15, 0.2) is 5.78 Å². The van der Waals surface area contributed by atoms with Gasteiger partial charge in [0.05, 0.1) is 10.6 Å². The lowest BCUT2D eigenvalue weighted by molar-refractivity contribution is 0.101. The molecule has 0 spiro atoms. The van der Waals surface area contributed by atoms with Gasteiger partial charge in [-0.1, -0.05) is 31.2 Å². The highest BCUT2D eigenvalue weighted by Crippen LogP contribution is 2.26. The number of carbonyl (C=O) groups excluding carboxylic acids is 1. The van der Waals surface area contributed by atoms with Crippen LogP contribution in [0.4, 0.5) is 5.69 Å². The summed E-state index contributed by atoms with van der Waals surface area (Å²) < 4.78 is 28.6. The summed E-state index contributed by atoms with van der Waals surface area (Å²) in [7, 11) is -3.90. The van der Waals surface area contributed by atoms with Crippen LogP contribution >= 0.6 is 0 Å². The Morgan fingerprint density at radius 1 is 1.11 bits per heavy atom. The van der Waals surface area contributed by atoms with Gasteiger partial charge in [-0.25, -0.2) is 13.5 Å². The van der Waals surface area contributed by atoms with Gasteiger partial charge in [0, 0.05) is 22.9 Å². The Morgan fingerprint density at radius 2 is 1.89 bits per heavy atom. The number of nitrogens with zero attached hydrogens (tertiary/aromatic N) is 1. The lowest BCUT2D eigenvalue weighted by Gasteiger charge is -2.13. The zero-order valence-corrected chi connectivity index (χ0v) is 16.2. The number of aryl methyl sites for hydroxylation is 1. The zero-order chi connectivity index (χ0) is 20.3. The molecule has 0 atom stereocenters. The Hall–Kier alpha value is -3.26. The summed E-state index contributed by atoms with van der Waals surface area (Å²) in [6, 6.07) is 14.2. The van der Waals surface area contributed by atoms with Gasteiger partial charge in [-0.15, -0.1) is 0 Å². The van der Waals surface area contributed by atoms with Gasteiger partial charge in [0.2, 0.25) is 0 Å². The molecule has 0 saturated carbocycles. The minimum Gasteiger partial charge on any atom is -0.295 e. The van der Waals surface area contributed by atoms with Gasteiger partial charge < -0.3 is 0 Å². The Labute approximate surface area is 162 Å². The maximum atomic E-state index is 13.0. The van der Waals surface area contributed by atoms with Crippen molar-refractivity contribution in [2.24, 2.45) is 0 Å². The van der Waals surface area contributed by atoms with Gasteiger partial charge in [-0.3, -0.25) is 14.3 Å². The van der Waals surface area contributed by atoms with E-state index in [2.05, 4.69) is 14.9 Å². The van der Waals surface area contributed by atoms with Crippen LogP contribution in [0.2, 0.25) is 0 Å². The van der Waals surface area contributed by atoms with E-state index in [1.807, 2.05) is 6.92 Å². The molecule has 1 heterocycles. The molecule has 1 aromatic heterocycles. The Kier molecular flexibility index (Phi) is 5.41. The van der Waals surface area contributed by atoms with Crippen LogP contribution in [-0.2, 0) is 16.4 Å².